The minimum atomic E-state index is -4.45. The van der Waals surface area contributed by atoms with E-state index in [0.29, 0.717) is 70.9 Å². The van der Waals surface area contributed by atoms with E-state index in [1.807, 2.05) is 56.3 Å². The van der Waals surface area contributed by atoms with E-state index in [1.54, 1.807) is 31.2 Å². The minimum absolute atomic E-state index is 0.273. The Labute approximate surface area is 367 Å². The average Bonchev–Trinajstić information content (AvgIpc) is 3.27. The third-order valence-electron chi connectivity index (χ3n) is 10.1. The first kappa shape index (κ1) is 48.4. The second-order valence-electron chi connectivity index (χ2n) is 14.8. The fourth-order valence-corrected chi connectivity index (χ4v) is 6.88. The number of carbonyl (C=O) groups excluding carboxylic acids is 1. The molecule has 64 heavy (non-hydrogen) atoms. The topological polar surface area (TPSA) is 82.1 Å². The maximum absolute atomic E-state index is 13.2. The molecule has 336 valence electrons. The zero-order chi connectivity index (χ0) is 46.4. The molecule has 6 nitrogen and oxygen atoms in total. The van der Waals surface area contributed by atoms with Gasteiger partial charge in [0.15, 0.2) is 0 Å². The van der Waals surface area contributed by atoms with Gasteiger partial charge in [-0.3, -0.25) is 9.59 Å². The highest BCUT2D eigenvalue weighted by atomic mass is 19.4. The third-order valence-corrected chi connectivity index (χ3v) is 10.1. The molecule has 2 atom stereocenters. The third kappa shape index (κ3) is 13.7. The van der Waals surface area contributed by atoms with Crippen molar-refractivity contribution in [1.82, 2.24) is 0 Å². The minimum Gasteiger partial charge on any atom is -0.489 e. The van der Waals surface area contributed by atoms with Crippen molar-refractivity contribution in [3.05, 3.63) is 173 Å². The number of benzene rings is 6. The lowest BCUT2D eigenvalue weighted by atomic mass is 9.91. The number of aliphatic carboxylic acids is 1. The Morgan fingerprint density at radius 1 is 0.562 bits per heavy atom. The van der Waals surface area contributed by atoms with Crippen molar-refractivity contribution in [2.24, 2.45) is 0 Å². The molecule has 6 aromatic rings. The van der Waals surface area contributed by atoms with Gasteiger partial charge in [-0.05, 0) is 132 Å². The first-order chi connectivity index (χ1) is 30.5. The predicted molar refractivity (Wildman–Crippen MR) is 231 cm³/mol. The second-order valence-corrected chi connectivity index (χ2v) is 14.8. The van der Waals surface area contributed by atoms with Gasteiger partial charge >= 0.3 is 24.3 Å². The molecule has 0 aliphatic rings. The molecule has 0 bridgehead atoms. The molecule has 0 fully saturated rings. The highest BCUT2D eigenvalue weighted by Crippen LogP contribution is 2.37. The van der Waals surface area contributed by atoms with Crippen LogP contribution in [0.5, 0.6) is 17.2 Å². The van der Waals surface area contributed by atoms with Gasteiger partial charge in [-0.15, -0.1) is 0 Å². The average molecular weight is 889 g/mol. The lowest BCUT2D eigenvalue weighted by molar-refractivity contribution is -0.145. The maximum atomic E-state index is 13.2. The largest absolute Gasteiger partial charge is 0.489 e. The molecule has 0 aromatic heterocycles. The van der Waals surface area contributed by atoms with E-state index in [1.165, 1.54) is 48.5 Å². The zero-order valence-corrected chi connectivity index (χ0v) is 35.3. The van der Waals surface area contributed by atoms with Crippen molar-refractivity contribution in [2.75, 3.05) is 6.61 Å². The molecule has 13 heteroatoms. The molecule has 0 heterocycles. The summed E-state index contributed by atoms with van der Waals surface area (Å²) < 4.78 is 108. The SMILES string of the molecule is CCCC(C(=O)O)c1cc(Oc2ccc(F)cc2)cc(-c2ccc(C(F)(F)F)cc2)c1.CCCC(C(=O)OCC)c1cc(OCc2ccccc2)cc(-c2ccc(C(F)(F)F)cc2)c1. The van der Waals surface area contributed by atoms with E-state index < -0.39 is 47.1 Å². The van der Waals surface area contributed by atoms with E-state index in [2.05, 4.69) is 0 Å². The van der Waals surface area contributed by atoms with E-state index in [0.717, 1.165) is 41.8 Å². The number of ether oxygens (including phenoxy) is 3. The van der Waals surface area contributed by atoms with Crippen molar-refractivity contribution >= 4 is 11.9 Å². The Morgan fingerprint density at radius 3 is 1.53 bits per heavy atom. The molecule has 0 saturated carbocycles. The van der Waals surface area contributed by atoms with Crippen LogP contribution in [0.25, 0.3) is 22.3 Å². The summed E-state index contributed by atoms with van der Waals surface area (Å²) in [6, 6.07) is 34.8. The van der Waals surface area contributed by atoms with Crippen molar-refractivity contribution in [3.8, 4) is 39.5 Å². The molecular weight excluding hydrogens is 842 g/mol. The van der Waals surface area contributed by atoms with Crippen molar-refractivity contribution in [2.45, 2.75) is 77.2 Å². The van der Waals surface area contributed by atoms with Crippen LogP contribution in [-0.4, -0.2) is 23.7 Å². The number of rotatable bonds is 16. The lowest BCUT2D eigenvalue weighted by Crippen LogP contribution is -2.16. The number of hydrogen-bond acceptors (Lipinski definition) is 5. The summed E-state index contributed by atoms with van der Waals surface area (Å²) in [5, 5.41) is 9.65. The van der Waals surface area contributed by atoms with Gasteiger partial charge in [0.1, 0.15) is 29.7 Å². The van der Waals surface area contributed by atoms with Crippen molar-refractivity contribution < 1.29 is 59.6 Å². The standard InChI is InChI=1S/C27H27F3O3.C24H20F4O3/c1-3-8-25(26(31)32-4-2)22-15-21(20-11-13-23(14-12-20)27(28,29)30)16-24(17-22)33-18-19-9-6-5-7-10-19;1-2-3-22(23(29)30)17-12-16(15-4-6-18(7-5-15)24(26,27)28)13-21(14-17)31-20-10-8-19(25)9-11-20/h5-7,9-17,25H,3-4,8,18H2,1-2H3;4-14,22H,2-3H2,1H3,(H,29,30). The van der Waals surface area contributed by atoms with Crippen LogP contribution in [0.3, 0.4) is 0 Å². The number of halogens is 7. The molecule has 0 saturated heterocycles. The fraction of sp³-hybridized carbons (Fsp3) is 0.255. The maximum Gasteiger partial charge on any atom is 0.416 e. The van der Waals surface area contributed by atoms with Gasteiger partial charge in [-0.25, -0.2) is 4.39 Å². The molecule has 0 aliphatic carbocycles. The molecule has 0 spiro atoms. The second kappa shape index (κ2) is 22.1. The van der Waals surface area contributed by atoms with Crippen molar-refractivity contribution in [3.63, 3.8) is 0 Å². The van der Waals surface area contributed by atoms with Crippen LogP contribution < -0.4 is 9.47 Å². The lowest BCUT2D eigenvalue weighted by Gasteiger charge is -2.18. The molecule has 2 unspecified atom stereocenters. The summed E-state index contributed by atoms with van der Waals surface area (Å²) >= 11 is 0. The molecule has 0 radical (unpaired) electrons. The Hall–Kier alpha value is -6.63. The highest BCUT2D eigenvalue weighted by Gasteiger charge is 2.31. The summed E-state index contributed by atoms with van der Waals surface area (Å²) in [4.78, 5) is 24.4. The van der Waals surface area contributed by atoms with E-state index in [9.17, 15) is 45.4 Å². The molecular formula is C51H47F7O6. The first-order valence-electron chi connectivity index (χ1n) is 20.6. The van der Waals surface area contributed by atoms with Gasteiger partial charge in [-0.2, -0.15) is 26.3 Å². The Morgan fingerprint density at radius 2 is 1.05 bits per heavy atom. The Bertz CT molecular complexity index is 2430. The van der Waals surface area contributed by atoms with Crippen LogP contribution >= 0.6 is 0 Å². The van der Waals surface area contributed by atoms with E-state index in [-0.39, 0.29) is 12.6 Å². The van der Waals surface area contributed by atoms with Crippen LogP contribution in [0.1, 0.15) is 86.1 Å². The Balaban J connectivity index is 0.000000241. The molecule has 0 amide bonds. The smallest absolute Gasteiger partial charge is 0.416 e. The van der Waals surface area contributed by atoms with Crippen LogP contribution in [0.15, 0.2) is 140 Å². The monoisotopic (exact) mass is 888 g/mol. The van der Waals surface area contributed by atoms with Gasteiger partial charge in [0.25, 0.3) is 0 Å². The summed E-state index contributed by atoms with van der Waals surface area (Å²) in [6.45, 7) is 6.21. The van der Waals surface area contributed by atoms with Gasteiger partial charge in [0.2, 0.25) is 0 Å². The van der Waals surface area contributed by atoms with Crippen LogP contribution in [0.2, 0.25) is 0 Å². The zero-order valence-electron chi connectivity index (χ0n) is 35.3. The first-order valence-corrected chi connectivity index (χ1v) is 20.6. The Kier molecular flexibility index (Phi) is 16.7. The summed E-state index contributed by atoms with van der Waals surface area (Å²) in [5.41, 5.74) is 2.98. The van der Waals surface area contributed by atoms with Crippen molar-refractivity contribution in [1.29, 1.82) is 0 Å². The van der Waals surface area contributed by atoms with Gasteiger partial charge < -0.3 is 19.3 Å². The van der Waals surface area contributed by atoms with Gasteiger partial charge in [0, 0.05) is 0 Å². The predicted octanol–water partition coefficient (Wildman–Crippen LogP) is 14.7. The summed E-state index contributed by atoms with van der Waals surface area (Å²) in [6.07, 6.45) is -6.47. The summed E-state index contributed by atoms with van der Waals surface area (Å²) in [5.74, 6) is -1.84. The van der Waals surface area contributed by atoms with Gasteiger partial charge in [-0.1, -0.05) is 93.4 Å². The van der Waals surface area contributed by atoms with Crippen LogP contribution in [0, 0.1) is 5.82 Å². The van der Waals surface area contributed by atoms with E-state index >= 15 is 0 Å². The number of carboxylic acid groups (broad SMARTS) is 1. The normalized spacial score (nSPS) is 12.3. The van der Waals surface area contributed by atoms with Gasteiger partial charge in [0.05, 0.1) is 29.6 Å². The number of hydrogen-bond donors (Lipinski definition) is 1. The molecule has 1 N–H and O–H groups in total. The molecule has 0 aliphatic heterocycles. The van der Waals surface area contributed by atoms with Crippen LogP contribution in [0.4, 0.5) is 30.7 Å². The van der Waals surface area contributed by atoms with E-state index in [4.69, 9.17) is 14.2 Å². The van der Waals surface area contributed by atoms with Crippen LogP contribution in [-0.2, 0) is 33.3 Å². The molecule has 6 aromatic carbocycles. The fourth-order valence-electron chi connectivity index (χ4n) is 6.88. The number of alkyl halides is 6. The number of esters is 1. The highest BCUT2D eigenvalue weighted by molar-refractivity contribution is 5.80. The summed E-state index contributed by atoms with van der Waals surface area (Å²) in [7, 11) is 0. The number of carbonyl (C=O) groups is 2. The molecule has 6 rings (SSSR count). The number of carboxylic acids is 1. The quantitative estimate of drug-likeness (QED) is 0.0770.